The Balaban J connectivity index is 2.39. The lowest BCUT2D eigenvalue weighted by molar-refractivity contribution is -0.271. The molecule has 0 saturated heterocycles. The zero-order valence-electron chi connectivity index (χ0n) is 14.6. The molecule has 124 valence electrons. The molecule has 0 amide bonds. The summed E-state index contributed by atoms with van der Waals surface area (Å²) in [6, 6.07) is 7.51. The minimum Gasteiger partial charge on any atom is -0.293 e. The summed E-state index contributed by atoms with van der Waals surface area (Å²) >= 11 is 0. The van der Waals surface area contributed by atoms with Gasteiger partial charge in [-0.15, -0.1) is 0 Å². The van der Waals surface area contributed by atoms with Gasteiger partial charge in [-0.3, -0.25) is 4.89 Å². The van der Waals surface area contributed by atoms with Crippen LogP contribution in [-0.4, -0.2) is 12.1 Å². The molecule has 0 saturated carbocycles. The van der Waals surface area contributed by atoms with E-state index in [9.17, 15) is 4.79 Å². The Hall–Kier alpha value is -1.35. The molecule has 0 N–H and O–H groups in total. The van der Waals surface area contributed by atoms with Gasteiger partial charge in [0.15, 0.2) is 0 Å². The summed E-state index contributed by atoms with van der Waals surface area (Å²) in [5, 5.41) is 0. The van der Waals surface area contributed by atoms with Gasteiger partial charge in [0.05, 0.1) is 5.56 Å². The van der Waals surface area contributed by atoms with Crippen molar-refractivity contribution in [1.82, 2.24) is 0 Å². The van der Waals surface area contributed by atoms with Gasteiger partial charge in [-0.05, 0) is 36.5 Å². The van der Waals surface area contributed by atoms with Gasteiger partial charge < -0.3 is 0 Å². The quantitative estimate of drug-likeness (QED) is 0.365. The molecule has 0 fully saturated rings. The van der Waals surface area contributed by atoms with E-state index in [0.717, 1.165) is 12.8 Å². The van der Waals surface area contributed by atoms with Crippen molar-refractivity contribution >= 4 is 5.97 Å². The van der Waals surface area contributed by atoms with Crippen molar-refractivity contribution in [2.24, 2.45) is 0 Å². The highest BCUT2D eigenvalue weighted by Gasteiger charge is 2.15. The first-order valence-electron chi connectivity index (χ1n) is 8.32. The van der Waals surface area contributed by atoms with Crippen LogP contribution in [0.3, 0.4) is 0 Å². The number of hydrogen-bond acceptors (Lipinski definition) is 3. The van der Waals surface area contributed by atoms with Crippen LogP contribution in [0.5, 0.6) is 0 Å². The van der Waals surface area contributed by atoms with Crippen molar-refractivity contribution in [2.45, 2.75) is 78.2 Å². The molecule has 0 heterocycles. The normalized spacial score (nSPS) is 13.0. The van der Waals surface area contributed by atoms with E-state index in [1.165, 1.54) is 24.8 Å². The van der Waals surface area contributed by atoms with E-state index in [0.29, 0.717) is 5.56 Å². The van der Waals surface area contributed by atoms with Crippen molar-refractivity contribution in [3.05, 3.63) is 35.4 Å². The van der Waals surface area contributed by atoms with Crippen LogP contribution >= 0.6 is 0 Å². The van der Waals surface area contributed by atoms with Crippen LogP contribution in [-0.2, 0) is 15.2 Å². The molecular formula is C19H30O3. The maximum Gasteiger partial charge on any atom is 0.373 e. The van der Waals surface area contributed by atoms with Gasteiger partial charge in [0, 0.05) is 0 Å². The van der Waals surface area contributed by atoms with Crippen LogP contribution in [0.15, 0.2) is 24.3 Å². The SMILES string of the molecule is CCCCCCC(C)OOC(=O)c1ccc(C(C)(C)C)cc1. The summed E-state index contributed by atoms with van der Waals surface area (Å²) in [6.45, 7) is 10.5. The fraction of sp³-hybridized carbons (Fsp3) is 0.632. The molecule has 1 unspecified atom stereocenters. The molecule has 1 aromatic rings. The van der Waals surface area contributed by atoms with Gasteiger partial charge in [0.2, 0.25) is 0 Å². The molecule has 0 radical (unpaired) electrons. The number of benzene rings is 1. The fourth-order valence-corrected chi connectivity index (χ4v) is 2.19. The third kappa shape index (κ3) is 6.61. The van der Waals surface area contributed by atoms with Crippen LogP contribution in [0.25, 0.3) is 0 Å². The van der Waals surface area contributed by atoms with Gasteiger partial charge in [-0.2, -0.15) is 4.89 Å². The summed E-state index contributed by atoms with van der Waals surface area (Å²) in [7, 11) is 0. The predicted molar refractivity (Wildman–Crippen MR) is 89.9 cm³/mol. The van der Waals surface area contributed by atoms with E-state index in [2.05, 4.69) is 27.7 Å². The van der Waals surface area contributed by atoms with Gasteiger partial charge in [-0.1, -0.05) is 65.5 Å². The lowest BCUT2D eigenvalue weighted by Gasteiger charge is -2.19. The summed E-state index contributed by atoms with van der Waals surface area (Å²) in [5.74, 6) is -0.430. The van der Waals surface area contributed by atoms with Crippen LogP contribution in [0.4, 0.5) is 0 Å². The second kappa shape index (κ2) is 8.94. The first-order chi connectivity index (χ1) is 10.3. The van der Waals surface area contributed by atoms with Crippen LogP contribution in [0, 0.1) is 0 Å². The summed E-state index contributed by atoms with van der Waals surface area (Å²) in [4.78, 5) is 22.1. The fourth-order valence-electron chi connectivity index (χ4n) is 2.19. The maximum atomic E-state index is 11.9. The Morgan fingerprint density at radius 3 is 2.27 bits per heavy atom. The van der Waals surface area contributed by atoms with E-state index >= 15 is 0 Å². The second-order valence-corrected chi connectivity index (χ2v) is 6.95. The Kier molecular flexibility index (Phi) is 7.60. The monoisotopic (exact) mass is 306 g/mol. The molecule has 3 heteroatoms. The van der Waals surface area contributed by atoms with Crippen LogP contribution in [0.2, 0.25) is 0 Å². The third-order valence-electron chi connectivity index (χ3n) is 3.74. The molecule has 0 bridgehead atoms. The minimum atomic E-state index is -0.430. The first kappa shape index (κ1) is 18.7. The van der Waals surface area contributed by atoms with Crippen molar-refractivity contribution in [3.8, 4) is 0 Å². The Labute approximate surface area is 134 Å². The number of rotatable bonds is 8. The second-order valence-electron chi connectivity index (χ2n) is 6.95. The molecule has 0 aliphatic rings. The van der Waals surface area contributed by atoms with Gasteiger partial charge in [0.25, 0.3) is 0 Å². The zero-order chi connectivity index (χ0) is 16.6. The number of unbranched alkanes of at least 4 members (excludes halogenated alkanes) is 3. The summed E-state index contributed by atoms with van der Waals surface area (Å²) in [5.41, 5.74) is 1.78. The highest BCUT2D eigenvalue weighted by molar-refractivity contribution is 5.88. The van der Waals surface area contributed by atoms with Gasteiger partial charge in [-0.25, -0.2) is 4.79 Å². The van der Waals surface area contributed by atoms with E-state index < -0.39 is 5.97 Å². The average molecular weight is 306 g/mol. The van der Waals surface area contributed by atoms with Crippen LogP contribution in [0.1, 0.15) is 82.6 Å². The van der Waals surface area contributed by atoms with Crippen molar-refractivity contribution in [2.75, 3.05) is 0 Å². The highest BCUT2D eigenvalue weighted by Crippen LogP contribution is 2.22. The largest absolute Gasteiger partial charge is 0.373 e. The smallest absolute Gasteiger partial charge is 0.293 e. The molecule has 0 aliphatic heterocycles. The first-order valence-corrected chi connectivity index (χ1v) is 8.32. The highest BCUT2D eigenvalue weighted by atomic mass is 17.2. The topological polar surface area (TPSA) is 35.5 Å². The van der Waals surface area contributed by atoms with Crippen molar-refractivity contribution < 1.29 is 14.6 Å². The number of carbonyl (C=O) groups excluding carboxylic acids is 1. The van der Waals surface area contributed by atoms with Crippen molar-refractivity contribution in [1.29, 1.82) is 0 Å². The molecule has 1 rings (SSSR count). The van der Waals surface area contributed by atoms with E-state index in [1.807, 2.05) is 19.1 Å². The standard InChI is InChI=1S/C19H30O3/c1-6-7-8-9-10-15(2)21-22-18(20)16-11-13-17(14-12-16)19(3,4)5/h11-15H,6-10H2,1-5H3. The zero-order valence-corrected chi connectivity index (χ0v) is 14.6. The lowest BCUT2D eigenvalue weighted by atomic mass is 9.87. The van der Waals surface area contributed by atoms with Gasteiger partial charge in [0.1, 0.15) is 6.10 Å². The number of carbonyl (C=O) groups is 1. The maximum absolute atomic E-state index is 11.9. The molecule has 0 spiro atoms. The molecule has 1 aromatic carbocycles. The Morgan fingerprint density at radius 2 is 1.73 bits per heavy atom. The van der Waals surface area contributed by atoms with E-state index in [4.69, 9.17) is 9.78 Å². The Morgan fingerprint density at radius 1 is 1.09 bits per heavy atom. The summed E-state index contributed by atoms with van der Waals surface area (Å²) < 4.78 is 0. The molecular weight excluding hydrogens is 276 g/mol. The predicted octanol–water partition coefficient (Wildman–Crippen LogP) is 5.43. The lowest BCUT2D eigenvalue weighted by Crippen LogP contribution is -2.14. The molecule has 3 nitrogen and oxygen atoms in total. The average Bonchev–Trinajstić information content (AvgIpc) is 2.48. The Bertz CT molecular complexity index is 443. The third-order valence-corrected chi connectivity index (χ3v) is 3.74. The molecule has 0 aromatic heterocycles. The minimum absolute atomic E-state index is 0.0605. The molecule has 22 heavy (non-hydrogen) atoms. The van der Waals surface area contributed by atoms with Gasteiger partial charge >= 0.3 is 5.97 Å². The van der Waals surface area contributed by atoms with Crippen molar-refractivity contribution in [3.63, 3.8) is 0 Å². The number of hydrogen-bond donors (Lipinski definition) is 0. The molecule has 0 aliphatic carbocycles. The van der Waals surface area contributed by atoms with Crippen LogP contribution < -0.4 is 0 Å². The van der Waals surface area contributed by atoms with E-state index in [1.54, 1.807) is 12.1 Å². The summed E-state index contributed by atoms with van der Waals surface area (Å²) in [6.07, 6.45) is 5.62. The molecule has 1 atom stereocenters. The van der Waals surface area contributed by atoms with E-state index in [-0.39, 0.29) is 11.5 Å².